The Morgan fingerprint density at radius 1 is 1.19 bits per heavy atom. The van der Waals surface area contributed by atoms with Crippen molar-refractivity contribution < 1.29 is 14.3 Å². The molecule has 166 valence electrons. The molecule has 0 radical (unpaired) electrons. The van der Waals surface area contributed by atoms with Crippen molar-refractivity contribution in [2.45, 2.75) is 50.7 Å². The highest BCUT2D eigenvalue weighted by molar-refractivity contribution is 5.96. The molecule has 2 saturated heterocycles. The van der Waals surface area contributed by atoms with E-state index < -0.39 is 0 Å². The number of methoxy groups -OCH3 is 1. The maximum atomic E-state index is 12.9. The lowest BCUT2D eigenvalue weighted by Crippen LogP contribution is -2.50. The molecule has 1 unspecified atom stereocenters. The molecule has 3 heterocycles. The summed E-state index contributed by atoms with van der Waals surface area (Å²) in [6.07, 6.45) is 10.7. The second-order valence-electron chi connectivity index (χ2n) is 8.36. The molecule has 2 bridgehead atoms. The molecule has 0 aliphatic carbocycles. The zero-order valence-electron chi connectivity index (χ0n) is 18.4. The first-order valence-corrected chi connectivity index (χ1v) is 10.9. The van der Waals surface area contributed by atoms with E-state index in [1.54, 1.807) is 19.4 Å². The smallest absolute Gasteiger partial charge is 0.253 e. The van der Waals surface area contributed by atoms with Crippen LogP contribution in [0.15, 0.2) is 36.5 Å². The average molecular weight is 433 g/mol. The highest BCUT2D eigenvalue weighted by Gasteiger charge is 2.41. The monoisotopic (exact) mass is 432 g/mol. The Hall–Kier alpha value is -3.53. The maximum Gasteiger partial charge on any atom is 0.253 e. The molecule has 32 heavy (non-hydrogen) atoms. The van der Waals surface area contributed by atoms with Crippen LogP contribution in [0.1, 0.15) is 52.0 Å². The van der Waals surface area contributed by atoms with E-state index in [0.29, 0.717) is 23.2 Å². The Kier molecular flexibility index (Phi) is 6.31. The lowest BCUT2D eigenvalue weighted by atomic mass is 9.96. The van der Waals surface area contributed by atoms with Crippen LogP contribution in [0.25, 0.3) is 0 Å². The summed E-state index contributed by atoms with van der Waals surface area (Å²) in [5.74, 6) is 3.70. The first kappa shape index (κ1) is 21.7. The fourth-order valence-electron chi connectivity index (χ4n) is 4.92. The van der Waals surface area contributed by atoms with Gasteiger partial charge in [-0.1, -0.05) is 12.0 Å². The summed E-state index contributed by atoms with van der Waals surface area (Å²) < 4.78 is 5.35. The van der Waals surface area contributed by atoms with Crippen LogP contribution in [-0.4, -0.2) is 48.6 Å². The van der Waals surface area contributed by atoms with Crippen LogP contribution in [0.2, 0.25) is 0 Å². The summed E-state index contributed by atoms with van der Waals surface area (Å²) in [6, 6.07) is 9.98. The highest BCUT2D eigenvalue weighted by atomic mass is 16.5. The number of carbonyl (C=O) groups excluding carboxylic acids is 2. The Balaban J connectivity index is 1.41. The number of pyridine rings is 1. The van der Waals surface area contributed by atoms with Gasteiger partial charge in [-0.05, 0) is 56.9 Å². The van der Waals surface area contributed by atoms with Gasteiger partial charge < -0.3 is 20.3 Å². The minimum absolute atomic E-state index is 0.0558. The van der Waals surface area contributed by atoms with Crippen molar-refractivity contribution in [3.8, 4) is 18.1 Å². The van der Waals surface area contributed by atoms with Crippen molar-refractivity contribution in [2.24, 2.45) is 0 Å². The van der Waals surface area contributed by atoms with E-state index in [1.807, 2.05) is 31.2 Å². The summed E-state index contributed by atoms with van der Waals surface area (Å²) in [5, 5.41) is 5.88. The number of terminal acetylenes is 1. The fraction of sp³-hybridized carbons (Fsp3) is 0.400. The average Bonchev–Trinajstić information content (AvgIpc) is 3.07. The lowest BCUT2D eigenvalue weighted by molar-refractivity contribution is 0.0924. The van der Waals surface area contributed by atoms with E-state index in [0.717, 1.165) is 42.8 Å². The summed E-state index contributed by atoms with van der Waals surface area (Å²) >= 11 is 0. The van der Waals surface area contributed by atoms with Gasteiger partial charge in [-0.3, -0.25) is 9.59 Å². The molecular weight excluding hydrogens is 404 g/mol. The number of nitrogens with one attached hydrogen (secondary N) is 2. The molecule has 7 nitrogen and oxygen atoms in total. The third kappa shape index (κ3) is 4.26. The number of benzene rings is 1. The molecule has 2 aliphatic heterocycles. The molecule has 3 atom stereocenters. The Labute approximate surface area is 188 Å². The van der Waals surface area contributed by atoms with Gasteiger partial charge in [-0.15, -0.1) is 6.42 Å². The molecular formula is C25H28N4O3. The normalized spacial score (nSPS) is 21.5. The number of aromatic nitrogens is 1. The fourth-order valence-corrected chi connectivity index (χ4v) is 4.92. The van der Waals surface area contributed by atoms with E-state index >= 15 is 0 Å². The summed E-state index contributed by atoms with van der Waals surface area (Å²) in [6.45, 7) is 2.10. The molecule has 2 fully saturated rings. The van der Waals surface area contributed by atoms with Crippen LogP contribution in [0.3, 0.4) is 0 Å². The Morgan fingerprint density at radius 2 is 1.94 bits per heavy atom. The third-order valence-corrected chi connectivity index (χ3v) is 6.44. The van der Waals surface area contributed by atoms with Crippen LogP contribution < -0.4 is 20.3 Å². The van der Waals surface area contributed by atoms with Crippen molar-refractivity contribution in [2.75, 3.05) is 18.6 Å². The van der Waals surface area contributed by atoms with E-state index in [1.165, 1.54) is 0 Å². The van der Waals surface area contributed by atoms with Gasteiger partial charge in [0.1, 0.15) is 11.6 Å². The van der Waals surface area contributed by atoms with Gasteiger partial charge in [-0.25, -0.2) is 4.98 Å². The molecule has 4 rings (SSSR count). The van der Waals surface area contributed by atoms with Crippen LogP contribution in [0.5, 0.6) is 5.75 Å². The van der Waals surface area contributed by atoms with Crippen molar-refractivity contribution in [1.29, 1.82) is 0 Å². The molecule has 1 aromatic carbocycles. The number of ether oxygens (including phenoxy) is 1. The number of nitrogens with zero attached hydrogens (tertiary/aromatic N) is 2. The van der Waals surface area contributed by atoms with Crippen LogP contribution in [0, 0.1) is 19.3 Å². The second kappa shape index (κ2) is 9.31. The maximum absolute atomic E-state index is 12.9. The van der Waals surface area contributed by atoms with Gasteiger partial charge >= 0.3 is 0 Å². The number of carbonyl (C=O) groups is 2. The molecule has 0 spiro atoms. The molecule has 2 N–H and O–H groups in total. The number of fused-ring (bicyclic) bond motifs is 2. The van der Waals surface area contributed by atoms with Gasteiger partial charge in [-0.2, -0.15) is 0 Å². The minimum Gasteiger partial charge on any atom is -0.496 e. The van der Waals surface area contributed by atoms with Crippen molar-refractivity contribution in [1.82, 2.24) is 15.6 Å². The molecule has 2 aromatic rings. The summed E-state index contributed by atoms with van der Waals surface area (Å²) in [7, 11) is 1.61. The topological polar surface area (TPSA) is 83.6 Å². The predicted molar refractivity (Wildman–Crippen MR) is 123 cm³/mol. The molecule has 0 saturated carbocycles. The first-order valence-electron chi connectivity index (χ1n) is 10.9. The van der Waals surface area contributed by atoms with E-state index in [9.17, 15) is 9.59 Å². The minimum atomic E-state index is -0.223. The predicted octanol–water partition coefficient (Wildman–Crippen LogP) is 2.69. The van der Waals surface area contributed by atoms with Crippen LogP contribution in [0.4, 0.5) is 5.82 Å². The molecule has 2 aliphatic rings. The number of anilines is 1. The SMILES string of the molecule is C#CCNC(=O)c1ccc(N2[C@@H]3CC[C@H]2CC(NC(=O)c2cccc(OC)c2C)C3)nc1. The van der Waals surface area contributed by atoms with E-state index in [2.05, 4.69) is 26.4 Å². The number of rotatable bonds is 6. The largest absolute Gasteiger partial charge is 0.496 e. The number of hydrogen-bond acceptors (Lipinski definition) is 5. The molecule has 7 heteroatoms. The Bertz CT molecular complexity index is 1030. The molecule has 2 amide bonds. The standard InChI is InChI=1S/C25H28N4O3/c1-4-12-26-24(30)17-8-11-23(27-15-17)29-19-9-10-20(29)14-18(13-19)28-25(31)21-6-5-7-22(32-3)16(21)2/h1,5-8,11,15,18-20H,9-10,12-14H2,2-3H3,(H,26,30)(H,28,31)/t18?,19-,20+. The second-order valence-corrected chi connectivity index (χ2v) is 8.36. The van der Waals surface area contributed by atoms with Crippen LogP contribution in [-0.2, 0) is 0 Å². The lowest BCUT2D eigenvalue weighted by Gasteiger charge is -2.40. The van der Waals surface area contributed by atoms with Crippen molar-refractivity contribution in [3.63, 3.8) is 0 Å². The van der Waals surface area contributed by atoms with Crippen molar-refractivity contribution >= 4 is 17.6 Å². The van der Waals surface area contributed by atoms with Gasteiger partial charge in [0.05, 0.1) is 19.2 Å². The van der Waals surface area contributed by atoms with Gasteiger partial charge in [0.15, 0.2) is 0 Å². The quantitative estimate of drug-likeness (QED) is 0.686. The van der Waals surface area contributed by atoms with E-state index in [-0.39, 0.29) is 24.4 Å². The zero-order valence-corrected chi connectivity index (χ0v) is 18.4. The Morgan fingerprint density at radius 3 is 2.56 bits per heavy atom. The van der Waals surface area contributed by atoms with Crippen molar-refractivity contribution in [3.05, 3.63) is 53.2 Å². The first-order chi connectivity index (χ1) is 15.5. The summed E-state index contributed by atoms with van der Waals surface area (Å²) in [4.78, 5) is 31.9. The zero-order chi connectivity index (χ0) is 22.7. The third-order valence-electron chi connectivity index (χ3n) is 6.44. The number of piperidine rings is 1. The van der Waals surface area contributed by atoms with Gasteiger partial charge in [0.25, 0.3) is 11.8 Å². The summed E-state index contributed by atoms with van der Waals surface area (Å²) in [5.41, 5.74) is 2.00. The number of hydrogen-bond donors (Lipinski definition) is 2. The van der Waals surface area contributed by atoms with E-state index in [4.69, 9.17) is 11.2 Å². The number of amides is 2. The molecule has 1 aromatic heterocycles. The van der Waals surface area contributed by atoms with Gasteiger partial charge in [0.2, 0.25) is 0 Å². The van der Waals surface area contributed by atoms with Gasteiger partial charge in [0, 0.05) is 35.4 Å². The van der Waals surface area contributed by atoms with Crippen LogP contribution >= 0.6 is 0 Å². The highest BCUT2D eigenvalue weighted by Crippen LogP contribution is 2.38.